The van der Waals surface area contributed by atoms with Gasteiger partial charge < -0.3 is 4.48 Å². The Morgan fingerprint density at radius 3 is 1.86 bits per heavy atom. The molecule has 0 aliphatic heterocycles. The molecule has 0 aliphatic rings. The maximum atomic E-state index is 2.34. The van der Waals surface area contributed by atoms with Crippen LogP contribution in [-0.4, -0.2) is 39.7 Å². The molecule has 2 aromatic rings. The molecule has 0 atom stereocenters. The fourth-order valence-electron chi connectivity index (χ4n) is 2.70. The lowest BCUT2D eigenvalue weighted by Crippen LogP contribution is -2.38. The summed E-state index contributed by atoms with van der Waals surface area (Å²) in [5.74, 6) is 0. The maximum Gasteiger partial charge on any atom is 0.132 e. The monoisotopic (exact) mass is 284 g/mol. The van der Waals surface area contributed by atoms with Crippen molar-refractivity contribution in [3.8, 4) is 0 Å². The highest BCUT2D eigenvalue weighted by Crippen LogP contribution is 2.21. The molecular weight excluding hydrogens is 256 g/mol. The SMILES string of the molecule is C[N+](C)(Cc1ccccc1)Cc1cccc([N+](C)(C)C)c1. The molecule has 0 radical (unpaired) electrons. The third-order valence-corrected chi connectivity index (χ3v) is 3.75. The first-order valence-corrected chi connectivity index (χ1v) is 7.53. The van der Waals surface area contributed by atoms with Gasteiger partial charge in [0, 0.05) is 17.2 Å². The van der Waals surface area contributed by atoms with Gasteiger partial charge in [-0.05, 0) is 6.07 Å². The Hall–Kier alpha value is -1.64. The van der Waals surface area contributed by atoms with Gasteiger partial charge in [-0.3, -0.25) is 4.48 Å². The standard InChI is InChI=1S/C19H28N2/c1-20(2,3)19-13-9-12-18(14-19)16-21(4,5)15-17-10-7-6-8-11-17/h6-14H,15-16H2,1-5H3/q+2. The molecule has 0 fully saturated rings. The predicted octanol–water partition coefficient (Wildman–Crippen LogP) is 3.66. The summed E-state index contributed by atoms with van der Waals surface area (Å²) in [4.78, 5) is 0. The van der Waals surface area contributed by atoms with Crippen molar-refractivity contribution in [2.24, 2.45) is 0 Å². The van der Waals surface area contributed by atoms with Crippen molar-refractivity contribution in [3.05, 3.63) is 65.7 Å². The number of rotatable bonds is 5. The smallest absolute Gasteiger partial charge is 0.132 e. The quantitative estimate of drug-likeness (QED) is 0.735. The largest absolute Gasteiger partial charge is 0.321 e. The summed E-state index contributed by atoms with van der Waals surface area (Å²) in [5, 5.41) is 0. The van der Waals surface area contributed by atoms with Gasteiger partial charge in [-0.1, -0.05) is 42.5 Å². The Kier molecular flexibility index (Phi) is 4.50. The van der Waals surface area contributed by atoms with Crippen molar-refractivity contribution in [1.29, 1.82) is 0 Å². The van der Waals surface area contributed by atoms with E-state index in [0.29, 0.717) is 0 Å². The highest BCUT2D eigenvalue weighted by Gasteiger charge is 2.19. The van der Waals surface area contributed by atoms with Crippen LogP contribution in [0.25, 0.3) is 0 Å². The second-order valence-electron chi connectivity index (χ2n) is 7.42. The van der Waals surface area contributed by atoms with Crippen molar-refractivity contribution in [3.63, 3.8) is 0 Å². The van der Waals surface area contributed by atoms with Gasteiger partial charge in [0.1, 0.15) is 18.8 Å². The van der Waals surface area contributed by atoms with Crippen molar-refractivity contribution in [2.45, 2.75) is 13.1 Å². The van der Waals surface area contributed by atoms with E-state index in [2.05, 4.69) is 89.8 Å². The first-order valence-electron chi connectivity index (χ1n) is 7.53. The minimum absolute atomic E-state index is 0.861. The molecule has 0 amide bonds. The van der Waals surface area contributed by atoms with Crippen LogP contribution in [-0.2, 0) is 13.1 Å². The fraction of sp³-hybridized carbons (Fsp3) is 0.368. The summed E-state index contributed by atoms with van der Waals surface area (Å²) in [6.07, 6.45) is 0. The van der Waals surface area contributed by atoms with Crippen LogP contribution in [0.15, 0.2) is 54.6 Å². The van der Waals surface area contributed by atoms with Crippen LogP contribution in [0, 0.1) is 0 Å². The van der Waals surface area contributed by atoms with Gasteiger partial charge in [-0.25, -0.2) is 0 Å². The number of nitrogens with zero attached hydrogens (tertiary/aromatic N) is 2. The zero-order chi connectivity index (χ0) is 15.5. The van der Waals surface area contributed by atoms with E-state index >= 15 is 0 Å². The Labute approximate surface area is 129 Å². The number of benzene rings is 2. The van der Waals surface area contributed by atoms with Gasteiger partial charge in [-0.15, -0.1) is 0 Å². The van der Waals surface area contributed by atoms with E-state index in [0.717, 1.165) is 22.1 Å². The van der Waals surface area contributed by atoms with Crippen LogP contribution < -0.4 is 4.48 Å². The molecule has 0 bridgehead atoms. The third kappa shape index (κ3) is 4.69. The Morgan fingerprint density at radius 1 is 0.667 bits per heavy atom. The Morgan fingerprint density at radius 2 is 1.24 bits per heavy atom. The summed E-state index contributed by atoms with van der Waals surface area (Å²) in [6.45, 7) is 2.10. The van der Waals surface area contributed by atoms with E-state index in [1.807, 2.05) is 0 Å². The molecule has 21 heavy (non-hydrogen) atoms. The van der Waals surface area contributed by atoms with Crippen LogP contribution in [0.1, 0.15) is 11.1 Å². The van der Waals surface area contributed by atoms with Crippen molar-refractivity contribution < 1.29 is 4.48 Å². The summed E-state index contributed by atoms with van der Waals surface area (Å²) < 4.78 is 1.82. The first kappa shape index (κ1) is 15.7. The number of quaternary nitrogens is 2. The number of hydrogen-bond donors (Lipinski definition) is 0. The van der Waals surface area contributed by atoms with E-state index in [4.69, 9.17) is 0 Å². The molecule has 2 rings (SSSR count). The summed E-state index contributed by atoms with van der Waals surface area (Å²) in [5.41, 5.74) is 4.15. The highest BCUT2D eigenvalue weighted by atomic mass is 15.3. The van der Waals surface area contributed by atoms with E-state index in [1.54, 1.807) is 0 Å². The Balaban J connectivity index is 2.13. The van der Waals surface area contributed by atoms with Crippen LogP contribution >= 0.6 is 0 Å². The van der Waals surface area contributed by atoms with E-state index in [-0.39, 0.29) is 0 Å². The summed E-state index contributed by atoms with van der Waals surface area (Å²) >= 11 is 0. The second-order valence-corrected chi connectivity index (χ2v) is 7.42. The van der Waals surface area contributed by atoms with Crippen molar-refractivity contribution in [1.82, 2.24) is 4.48 Å². The lowest BCUT2D eigenvalue weighted by Gasteiger charge is -2.31. The minimum atomic E-state index is 0.861. The molecule has 2 nitrogen and oxygen atoms in total. The zero-order valence-electron chi connectivity index (χ0n) is 14.0. The maximum absolute atomic E-state index is 2.34. The minimum Gasteiger partial charge on any atom is -0.321 e. The lowest BCUT2D eigenvalue weighted by molar-refractivity contribution is -0.916. The van der Waals surface area contributed by atoms with Crippen LogP contribution in [0.3, 0.4) is 0 Å². The van der Waals surface area contributed by atoms with E-state index < -0.39 is 0 Å². The van der Waals surface area contributed by atoms with Crippen LogP contribution in [0.2, 0.25) is 0 Å². The van der Waals surface area contributed by atoms with Crippen LogP contribution in [0.4, 0.5) is 5.69 Å². The normalized spacial score (nSPS) is 12.4. The van der Waals surface area contributed by atoms with Gasteiger partial charge >= 0.3 is 0 Å². The molecule has 0 heterocycles. The van der Waals surface area contributed by atoms with Crippen LogP contribution in [0.5, 0.6) is 0 Å². The van der Waals surface area contributed by atoms with Gasteiger partial charge in [-0.2, -0.15) is 0 Å². The van der Waals surface area contributed by atoms with Gasteiger partial charge in [0.25, 0.3) is 0 Å². The number of hydrogen-bond acceptors (Lipinski definition) is 0. The molecule has 0 N–H and O–H groups in total. The van der Waals surface area contributed by atoms with Gasteiger partial charge in [0.15, 0.2) is 0 Å². The highest BCUT2D eigenvalue weighted by molar-refractivity contribution is 5.43. The molecule has 112 valence electrons. The molecule has 0 spiro atoms. The summed E-state index contributed by atoms with van der Waals surface area (Å²) in [7, 11) is 11.2. The van der Waals surface area contributed by atoms with E-state index in [9.17, 15) is 0 Å². The molecule has 2 heteroatoms. The Bertz CT molecular complexity index is 580. The molecule has 0 saturated heterocycles. The fourth-order valence-corrected chi connectivity index (χ4v) is 2.70. The average Bonchev–Trinajstić information content (AvgIpc) is 2.38. The molecule has 0 aliphatic carbocycles. The molecule has 0 aromatic heterocycles. The second kappa shape index (κ2) is 6.00. The molecule has 2 aromatic carbocycles. The average molecular weight is 284 g/mol. The molecule has 0 unspecified atom stereocenters. The first-order chi connectivity index (χ1) is 9.76. The lowest BCUT2D eigenvalue weighted by atomic mass is 10.1. The van der Waals surface area contributed by atoms with Crippen molar-refractivity contribution >= 4 is 5.69 Å². The van der Waals surface area contributed by atoms with E-state index in [1.165, 1.54) is 16.8 Å². The third-order valence-electron chi connectivity index (χ3n) is 3.75. The zero-order valence-corrected chi connectivity index (χ0v) is 14.0. The molecule has 0 saturated carbocycles. The topological polar surface area (TPSA) is 0 Å². The predicted molar refractivity (Wildman–Crippen MR) is 92.0 cm³/mol. The van der Waals surface area contributed by atoms with Gasteiger partial charge in [0.05, 0.1) is 35.2 Å². The molecular formula is C19H28N2+2. The van der Waals surface area contributed by atoms with Gasteiger partial charge in [0.2, 0.25) is 0 Å². The summed E-state index contributed by atoms with van der Waals surface area (Å²) in [6, 6.07) is 19.7. The van der Waals surface area contributed by atoms with Crippen molar-refractivity contribution in [2.75, 3.05) is 35.2 Å².